The van der Waals surface area contributed by atoms with Crippen LogP contribution in [0.5, 0.6) is 0 Å². The van der Waals surface area contributed by atoms with Gasteiger partial charge in [0.15, 0.2) is 0 Å². The van der Waals surface area contributed by atoms with Crippen LogP contribution in [-0.4, -0.2) is 63.3 Å². The molecule has 2 aliphatic rings. The molecule has 0 N–H and O–H groups in total. The largest absolute Gasteiger partial charge is 0.331 e. The normalized spacial score (nSPS) is 39.9. The molecule has 2 fully saturated rings. The van der Waals surface area contributed by atoms with E-state index in [0.717, 1.165) is 15.8 Å². The highest BCUT2D eigenvalue weighted by Crippen LogP contribution is 2.49. The van der Waals surface area contributed by atoms with Gasteiger partial charge in [-0.25, -0.2) is 0 Å². The summed E-state index contributed by atoms with van der Waals surface area (Å²) in [7, 11) is 9.43. The molecule has 1 aliphatic heterocycles. The van der Waals surface area contributed by atoms with Gasteiger partial charge >= 0.3 is 0 Å². The third-order valence-electron chi connectivity index (χ3n) is 5.84. The van der Waals surface area contributed by atoms with E-state index >= 15 is 0 Å². The molecule has 0 amide bonds. The highest BCUT2D eigenvalue weighted by molar-refractivity contribution is 4.89. The van der Waals surface area contributed by atoms with E-state index in [1.807, 2.05) is 0 Å². The number of rotatable bonds is 4. The predicted molar refractivity (Wildman–Crippen MR) is 83.0 cm³/mol. The summed E-state index contributed by atoms with van der Waals surface area (Å²) in [5, 5.41) is 0. The van der Waals surface area contributed by atoms with Crippen LogP contribution in [0.3, 0.4) is 0 Å². The minimum absolute atomic E-state index is 0.761. The van der Waals surface area contributed by atoms with Crippen molar-refractivity contribution in [2.24, 2.45) is 11.3 Å². The smallest absolute Gasteiger partial charge is 0.0838 e. The first-order chi connectivity index (χ1) is 8.72. The van der Waals surface area contributed by atoms with Crippen LogP contribution in [-0.2, 0) is 0 Å². The Bertz CT molecular complexity index is 295. The summed E-state index contributed by atoms with van der Waals surface area (Å²) in [6, 6.07) is 0. The van der Waals surface area contributed by atoms with Crippen molar-refractivity contribution in [2.75, 3.05) is 54.4 Å². The van der Waals surface area contributed by atoms with E-state index in [2.05, 4.69) is 35.1 Å². The molecule has 19 heavy (non-hydrogen) atoms. The molecule has 0 aromatic carbocycles. The summed E-state index contributed by atoms with van der Waals surface area (Å²) in [6.45, 7) is 8.03. The van der Waals surface area contributed by atoms with Crippen LogP contribution in [0.1, 0.15) is 45.4 Å². The number of piperidine rings is 1. The van der Waals surface area contributed by atoms with Gasteiger partial charge in [0.25, 0.3) is 0 Å². The molecule has 0 aromatic heterocycles. The number of hydrogen-bond acceptors (Lipinski definition) is 0. The second-order valence-corrected chi connectivity index (χ2v) is 9.01. The number of quaternary nitrogens is 2. The van der Waals surface area contributed by atoms with Gasteiger partial charge in [-0.2, -0.15) is 0 Å². The minimum Gasteiger partial charge on any atom is -0.331 e. The maximum Gasteiger partial charge on any atom is 0.0838 e. The molecule has 1 saturated carbocycles. The van der Waals surface area contributed by atoms with Crippen LogP contribution >= 0.6 is 0 Å². The third-order valence-corrected chi connectivity index (χ3v) is 5.84. The molecular formula is C17H36N2+2. The standard InChI is InChI=1S/C17H36N2/c1-16-7-8-17(15-16)9-13-19(5,14-10-17)12-6-11-18(2,3)4/h16H,6-15H2,1-5H3/q+2/t16-,17?,19?/m0/s1. The van der Waals surface area contributed by atoms with Crippen molar-refractivity contribution in [1.82, 2.24) is 0 Å². The second kappa shape index (κ2) is 5.37. The Hall–Kier alpha value is -0.0800. The van der Waals surface area contributed by atoms with Crippen molar-refractivity contribution in [1.29, 1.82) is 0 Å². The van der Waals surface area contributed by atoms with Gasteiger partial charge in [-0.15, -0.1) is 0 Å². The fraction of sp³-hybridized carbons (Fsp3) is 1.00. The van der Waals surface area contributed by atoms with E-state index in [4.69, 9.17) is 0 Å². The Morgan fingerprint density at radius 1 is 1.11 bits per heavy atom. The molecule has 2 heteroatoms. The van der Waals surface area contributed by atoms with E-state index in [9.17, 15) is 0 Å². The SMILES string of the molecule is C[C@H]1CCC2(CC[N+](C)(CCC[N+](C)(C)C)CC2)C1. The van der Waals surface area contributed by atoms with Crippen LogP contribution in [0.25, 0.3) is 0 Å². The van der Waals surface area contributed by atoms with Crippen LogP contribution in [0.2, 0.25) is 0 Å². The Balaban J connectivity index is 1.78. The lowest BCUT2D eigenvalue weighted by Gasteiger charge is -2.45. The Morgan fingerprint density at radius 2 is 1.74 bits per heavy atom. The first-order valence-corrected chi connectivity index (χ1v) is 8.36. The van der Waals surface area contributed by atoms with E-state index < -0.39 is 0 Å². The van der Waals surface area contributed by atoms with Crippen molar-refractivity contribution < 1.29 is 8.97 Å². The molecule has 1 heterocycles. The summed E-state index contributed by atoms with van der Waals surface area (Å²) < 4.78 is 2.46. The van der Waals surface area contributed by atoms with E-state index in [1.54, 1.807) is 0 Å². The molecule has 2 rings (SSSR count). The Labute approximate surface area is 121 Å². The quantitative estimate of drug-likeness (QED) is 0.687. The molecule has 0 unspecified atom stereocenters. The second-order valence-electron chi connectivity index (χ2n) is 9.01. The lowest BCUT2D eigenvalue weighted by atomic mass is 9.75. The van der Waals surface area contributed by atoms with Crippen molar-refractivity contribution in [3.63, 3.8) is 0 Å². The van der Waals surface area contributed by atoms with Crippen molar-refractivity contribution in [3.05, 3.63) is 0 Å². The number of likely N-dealkylation sites (tertiary alicyclic amines) is 1. The molecule has 1 atom stereocenters. The van der Waals surface area contributed by atoms with Crippen LogP contribution in [0, 0.1) is 11.3 Å². The van der Waals surface area contributed by atoms with Crippen molar-refractivity contribution >= 4 is 0 Å². The van der Waals surface area contributed by atoms with Gasteiger partial charge in [-0.1, -0.05) is 13.3 Å². The number of nitrogens with zero attached hydrogens (tertiary/aromatic N) is 2. The first kappa shape index (κ1) is 15.3. The number of hydrogen-bond donors (Lipinski definition) is 0. The molecule has 0 bridgehead atoms. The average Bonchev–Trinajstić information content (AvgIpc) is 2.64. The first-order valence-electron chi connectivity index (χ1n) is 8.36. The van der Waals surface area contributed by atoms with Crippen LogP contribution < -0.4 is 0 Å². The molecule has 2 nitrogen and oxygen atoms in total. The predicted octanol–water partition coefficient (Wildman–Crippen LogP) is 3.13. The average molecular weight is 268 g/mol. The molecule has 0 radical (unpaired) electrons. The fourth-order valence-corrected chi connectivity index (χ4v) is 4.35. The summed E-state index contributed by atoms with van der Waals surface area (Å²) in [4.78, 5) is 0. The summed E-state index contributed by atoms with van der Waals surface area (Å²) in [5.74, 6) is 0.995. The summed E-state index contributed by atoms with van der Waals surface area (Å²) in [5.41, 5.74) is 0.761. The summed E-state index contributed by atoms with van der Waals surface area (Å²) >= 11 is 0. The van der Waals surface area contributed by atoms with Crippen LogP contribution in [0.15, 0.2) is 0 Å². The van der Waals surface area contributed by atoms with E-state index in [1.165, 1.54) is 69.2 Å². The molecule has 1 saturated heterocycles. The monoisotopic (exact) mass is 268 g/mol. The van der Waals surface area contributed by atoms with E-state index in [-0.39, 0.29) is 0 Å². The summed E-state index contributed by atoms with van der Waals surface area (Å²) in [6.07, 6.45) is 8.91. The minimum atomic E-state index is 0.761. The lowest BCUT2D eigenvalue weighted by Crippen LogP contribution is -2.53. The Kier molecular flexibility index (Phi) is 4.32. The lowest BCUT2D eigenvalue weighted by molar-refractivity contribution is -0.923. The molecule has 1 spiro atoms. The molecular weight excluding hydrogens is 232 g/mol. The zero-order valence-electron chi connectivity index (χ0n) is 14.0. The van der Waals surface area contributed by atoms with Gasteiger partial charge in [0, 0.05) is 19.3 Å². The topological polar surface area (TPSA) is 0 Å². The van der Waals surface area contributed by atoms with Gasteiger partial charge in [0.2, 0.25) is 0 Å². The zero-order chi connectivity index (χ0) is 14.1. The zero-order valence-corrected chi connectivity index (χ0v) is 14.0. The van der Waals surface area contributed by atoms with Gasteiger partial charge < -0.3 is 8.97 Å². The molecule has 1 aliphatic carbocycles. The van der Waals surface area contributed by atoms with Gasteiger partial charge in [-0.05, 0) is 24.2 Å². The highest BCUT2D eigenvalue weighted by atomic mass is 15.3. The highest BCUT2D eigenvalue weighted by Gasteiger charge is 2.44. The Morgan fingerprint density at radius 3 is 2.21 bits per heavy atom. The van der Waals surface area contributed by atoms with Crippen molar-refractivity contribution in [2.45, 2.75) is 45.4 Å². The molecule has 0 aromatic rings. The van der Waals surface area contributed by atoms with Gasteiger partial charge in [0.1, 0.15) is 0 Å². The van der Waals surface area contributed by atoms with Gasteiger partial charge in [0.05, 0.1) is 54.4 Å². The fourth-order valence-electron chi connectivity index (χ4n) is 4.35. The van der Waals surface area contributed by atoms with Crippen molar-refractivity contribution in [3.8, 4) is 0 Å². The third kappa shape index (κ3) is 4.19. The van der Waals surface area contributed by atoms with Crippen LogP contribution in [0.4, 0.5) is 0 Å². The molecule has 112 valence electrons. The maximum absolute atomic E-state index is 2.50. The maximum atomic E-state index is 2.50. The van der Waals surface area contributed by atoms with Gasteiger partial charge in [-0.3, -0.25) is 0 Å². The van der Waals surface area contributed by atoms with E-state index in [0.29, 0.717) is 0 Å².